The number of hydrogen-bond donors (Lipinski definition) is 1. The van der Waals surface area contributed by atoms with Gasteiger partial charge in [-0.15, -0.1) is 0 Å². The van der Waals surface area contributed by atoms with Crippen LogP contribution in [0.3, 0.4) is 0 Å². The molecule has 0 saturated heterocycles. The fourth-order valence-corrected chi connectivity index (χ4v) is 3.81. The van der Waals surface area contributed by atoms with E-state index in [1.807, 2.05) is 78.9 Å². The average molecular weight is 416 g/mol. The zero-order valence-corrected chi connectivity index (χ0v) is 16.9. The van der Waals surface area contributed by atoms with Gasteiger partial charge in [0.05, 0.1) is 4.90 Å². The molecule has 0 saturated carbocycles. The first kappa shape index (κ1) is 19.9. The Morgan fingerprint density at radius 2 is 1.20 bits per heavy atom. The van der Waals surface area contributed by atoms with E-state index in [1.165, 1.54) is 12.1 Å². The minimum atomic E-state index is -4.22. The molecule has 0 aliphatic carbocycles. The van der Waals surface area contributed by atoms with Gasteiger partial charge in [-0.2, -0.15) is 8.42 Å². The first-order chi connectivity index (χ1) is 14.5. The largest absolute Gasteiger partial charge is 0.488 e. The molecular weight excluding hydrogens is 396 g/mol. The van der Waals surface area contributed by atoms with Crippen molar-refractivity contribution in [2.24, 2.45) is 0 Å². The van der Waals surface area contributed by atoms with E-state index in [-0.39, 0.29) is 4.90 Å². The molecule has 0 fully saturated rings. The molecule has 0 heterocycles. The summed E-state index contributed by atoms with van der Waals surface area (Å²) in [5, 5.41) is 0. The van der Waals surface area contributed by atoms with E-state index >= 15 is 0 Å². The summed E-state index contributed by atoms with van der Waals surface area (Å²) in [4.78, 5) is -0.129. The maximum Gasteiger partial charge on any atom is 0.294 e. The molecule has 4 aromatic carbocycles. The number of rotatable bonds is 6. The summed E-state index contributed by atoms with van der Waals surface area (Å²) < 4.78 is 38.0. The Bertz CT molecular complexity index is 1250. The van der Waals surface area contributed by atoms with Gasteiger partial charge >= 0.3 is 0 Å². The van der Waals surface area contributed by atoms with Crippen LogP contribution in [0.2, 0.25) is 0 Å². The second kappa shape index (κ2) is 8.53. The van der Waals surface area contributed by atoms with Crippen LogP contribution < -0.4 is 4.74 Å². The van der Waals surface area contributed by atoms with Gasteiger partial charge in [-0.1, -0.05) is 84.9 Å². The Hall–Kier alpha value is -3.41. The summed E-state index contributed by atoms with van der Waals surface area (Å²) >= 11 is 0. The normalized spacial score (nSPS) is 11.2. The van der Waals surface area contributed by atoms with E-state index in [0.717, 1.165) is 33.6 Å². The molecule has 5 heteroatoms. The van der Waals surface area contributed by atoms with Gasteiger partial charge in [0.2, 0.25) is 0 Å². The van der Waals surface area contributed by atoms with Gasteiger partial charge in [-0.05, 0) is 40.5 Å². The molecule has 0 radical (unpaired) electrons. The Kier molecular flexibility index (Phi) is 5.65. The van der Waals surface area contributed by atoms with Gasteiger partial charge in [0.15, 0.2) is 0 Å². The lowest BCUT2D eigenvalue weighted by molar-refractivity contribution is 0.307. The van der Waals surface area contributed by atoms with Crippen LogP contribution in [0, 0.1) is 0 Å². The van der Waals surface area contributed by atoms with Crippen LogP contribution in [0.1, 0.15) is 5.56 Å². The molecule has 0 atom stereocenters. The molecule has 0 aliphatic rings. The van der Waals surface area contributed by atoms with Crippen molar-refractivity contribution in [1.82, 2.24) is 0 Å². The molecule has 4 aromatic rings. The van der Waals surface area contributed by atoms with Crippen LogP contribution in [-0.4, -0.2) is 13.0 Å². The predicted octanol–water partition coefficient (Wildman–Crippen LogP) is 5.85. The third kappa shape index (κ3) is 4.43. The smallest absolute Gasteiger partial charge is 0.294 e. The number of para-hydroxylation sites is 1. The van der Waals surface area contributed by atoms with Gasteiger partial charge in [0, 0.05) is 5.56 Å². The van der Waals surface area contributed by atoms with Gasteiger partial charge in [0.25, 0.3) is 10.1 Å². The second-order valence-corrected chi connectivity index (χ2v) is 8.24. The second-order valence-electron chi connectivity index (χ2n) is 6.82. The lowest BCUT2D eigenvalue weighted by Gasteiger charge is -2.15. The monoisotopic (exact) mass is 416 g/mol. The van der Waals surface area contributed by atoms with Crippen molar-refractivity contribution >= 4 is 10.1 Å². The SMILES string of the molecule is O=S(=O)(O)c1ccc(-c2ccccc2-c2ccccc2OCc2ccccc2)cc1. The summed E-state index contributed by atoms with van der Waals surface area (Å²) in [6.07, 6.45) is 0. The molecule has 4 nitrogen and oxygen atoms in total. The standard InChI is InChI=1S/C25H20O4S/c26-30(27,28)21-16-14-20(15-17-21)22-10-4-5-11-23(22)24-12-6-7-13-25(24)29-18-19-8-2-1-3-9-19/h1-17H,18H2,(H,26,27,28). The van der Waals surface area contributed by atoms with E-state index < -0.39 is 10.1 Å². The summed E-state index contributed by atoms with van der Waals surface area (Å²) in [5.74, 6) is 0.767. The molecule has 4 rings (SSSR count). The van der Waals surface area contributed by atoms with Gasteiger partial charge in [0.1, 0.15) is 12.4 Å². The van der Waals surface area contributed by atoms with E-state index in [2.05, 4.69) is 0 Å². The van der Waals surface area contributed by atoms with Crippen molar-refractivity contribution in [3.63, 3.8) is 0 Å². The van der Waals surface area contributed by atoms with E-state index in [1.54, 1.807) is 12.1 Å². The summed E-state index contributed by atoms with van der Waals surface area (Å²) in [5.41, 5.74) is 4.79. The number of benzene rings is 4. The minimum absolute atomic E-state index is 0.129. The predicted molar refractivity (Wildman–Crippen MR) is 118 cm³/mol. The van der Waals surface area contributed by atoms with Crippen molar-refractivity contribution < 1.29 is 17.7 Å². The first-order valence-electron chi connectivity index (χ1n) is 9.45. The maximum atomic E-state index is 11.3. The average Bonchev–Trinajstić information content (AvgIpc) is 2.78. The van der Waals surface area contributed by atoms with Crippen molar-refractivity contribution in [1.29, 1.82) is 0 Å². The maximum absolute atomic E-state index is 11.3. The van der Waals surface area contributed by atoms with Crippen LogP contribution in [0.15, 0.2) is 108 Å². The highest BCUT2D eigenvalue weighted by Crippen LogP contribution is 2.37. The number of hydrogen-bond acceptors (Lipinski definition) is 3. The van der Waals surface area contributed by atoms with Crippen LogP contribution in [0.25, 0.3) is 22.3 Å². The van der Waals surface area contributed by atoms with Gasteiger partial charge in [-0.25, -0.2) is 0 Å². The Morgan fingerprint density at radius 3 is 1.87 bits per heavy atom. The third-order valence-electron chi connectivity index (χ3n) is 4.80. The molecular formula is C25H20O4S. The van der Waals surface area contributed by atoms with Crippen LogP contribution in [0.5, 0.6) is 5.75 Å². The Balaban J connectivity index is 1.71. The zero-order valence-electron chi connectivity index (χ0n) is 16.1. The topological polar surface area (TPSA) is 63.6 Å². The Labute approximate surface area is 176 Å². The molecule has 1 N–H and O–H groups in total. The van der Waals surface area contributed by atoms with Crippen molar-refractivity contribution in [2.75, 3.05) is 0 Å². The number of ether oxygens (including phenoxy) is 1. The lowest BCUT2D eigenvalue weighted by Crippen LogP contribution is -1.98. The summed E-state index contributed by atoms with van der Waals surface area (Å²) in [6.45, 7) is 0.461. The van der Waals surface area contributed by atoms with Crippen LogP contribution >= 0.6 is 0 Å². The highest BCUT2D eigenvalue weighted by atomic mass is 32.2. The molecule has 0 spiro atoms. The molecule has 0 amide bonds. The molecule has 0 aromatic heterocycles. The van der Waals surface area contributed by atoms with E-state index in [9.17, 15) is 13.0 Å². The van der Waals surface area contributed by atoms with Crippen LogP contribution in [0.4, 0.5) is 0 Å². The highest BCUT2D eigenvalue weighted by molar-refractivity contribution is 7.85. The quantitative estimate of drug-likeness (QED) is 0.401. The van der Waals surface area contributed by atoms with Crippen LogP contribution in [-0.2, 0) is 16.7 Å². The third-order valence-corrected chi connectivity index (χ3v) is 5.67. The fourth-order valence-electron chi connectivity index (χ4n) is 3.33. The molecule has 0 aliphatic heterocycles. The Morgan fingerprint density at radius 1 is 0.633 bits per heavy atom. The van der Waals surface area contributed by atoms with Crippen molar-refractivity contribution in [2.45, 2.75) is 11.5 Å². The lowest BCUT2D eigenvalue weighted by atomic mass is 9.94. The van der Waals surface area contributed by atoms with Crippen molar-refractivity contribution in [3.05, 3.63) is 109 Å². The molecule has 30 heavy (non-hydrogen) atoms. The molecule has 150 valence electrons. The van der Waals surface area contributed by atoms with Gasteiger partial charge in [-0.3, -0.25) is 4.55 Å². The molecule has 0 bridgehead atoms. The summed E-state index contributed by atoms with van der Waals surface area (Å²) in [6, 6.07) is 31.9. The van der Waals surface area contributed by atoms with Gasteiger partial charge < -0.3 is 4.74 Å². The first-order valence-corrected chi connectivity index (χ1v) is 10.9. The fraction of sp³-hybridized carbons (Fsp3) is 0.0400. The molecule has 0 unspecified atom stereocenters. The zero-order chi connectivity index (χ0) is 21.0. The highest BCUT2D eigenvalue weighted by Gasteiger charge is 2.13. The minimum Gasteiger partial charge on any atom is -0.488 e. The summed E-state index contributed by atoms with van der Waals surface area (Å²) in [7, 11) is -4.22. The van der Waals surface area contributed by atoms with Crippen molar-refractivity contribution in [3.8, 4) is 28.0 Å². The van der Waals surface area contributed by atoms with E-state index in [0.29, 0.717) is 6.61 Å². The van der Waals surface area contributed by atoms with E-state index in [4.69, 9.17) is 4.74 Å².